The normalized spacial score (nSPS) is 23.0. The van der Waals surface area contributed by atoms with Gasteiger partial charge in [-0.1, -0.05) is 46.7 Å². The van der Waals surface area contributed by atoms with Crippen LogP contribution in [0.3, 0.4) is 0 Å². The van der Waals surface area contributed by atoms with Gasteiger partial charge in [0, 0.05) is 0 Å². The molecule has 0 bridgehead atoms. The average molecular weight is 425 g/mol. The van der Waals surface area contributed by atoms with E-state index in [0.717, 1.165) is 10.2 Å². The Hall–Kier alpha value is -1.81. The molecule has 3 aromatic rings. The topological polar surface area (TPSA) is 78.4 Å². The van der Waals surface area contributed by atoms with Crippen LogP contribution in [0, 0.1) is 5.21 Å². The number of thiazole rings is 1. The molecule has 2 aromatic heterocycles. The molecular weight excluding hydrogens is 411 g/mol. The van der Waals surface area contributed by atoms with Gasteiger partial charge in [-0.3, -0.25) is 4.65 Å². The standard InChI is InChI=1S/C17H14Cl2N4O3S/c1-22-8-15(26-16(24)10-6-13(18)21-14(19)7-10)23(25,9-22)17-20-11-4-2-3-5-12(11)27-17/h2-7,15H,8-9H2,1H3. The quantitative estimate of drug-likeness (QED) is 0.274. The minimum Gasteiger partial charge on any atom is -0.622 e. The zero-order chi connectivity index (χ0) is 19.2. The van der Waals surface area contributed by atoms with E-state index in [1.807, 2.05) is 29.2 Å². The average Bonchev–Trinajstić information content (AvgIpc) is 3.16. The first-order chi connectivity index (χ1) is 12.8. The van der Waals surface area contributed by atoms with Gasteiger partial charge < -0.3 is 9.94 Å². The first-order valence-electron chi connectivity index (χ1n) is 8.03. The maximum atomic E-state index is 13.6. The molecule has 2 atom stereocenters. The Morgan fingerprint density at radius 2 is 2.00 bits per heavy atom. The van der Waals surface area contributed by atoms with E-state index < -0.39 is 16.8 Å². The fraction of sp³-hybridized carbons (Fsp3) is 0.235. The summed E-state index contributed by atoms with van der Waals surface area (Å²) in [5, 5.41) is 14.1. The number of benzene rings is 1. The van der Waals surface area contributed by atoms with Gasteiger partial charge in [-0.25, -0.2) is 14.7 Å². The maximum Gasteiger partial charge on any atom is 0.342 e. The molecule has 1 aromatic carbocycles. The number of nitrogens with zero attached hydrogens (tertiary/aromatic N) is 4. The number of hydroxylamine groups is 2. The molecule has 1 saturated heterocycles. The summed E-state index contributed by atoms with van der Waals surface area (Å²) in [5.74, 6) is -0.680. The Labute approximate surface area is 168 Å². The van der Waals surface area contributed by atoms with E-state index >= 15 is 0 Å². The third-order valence-corrected chi connectivity index (χ3v) is 5.77. The predicted molar refractivity (Wildman–Crippen MR) is 106 cm³/mol. The van der Waals surface area contributed by atoms with Gasteiger partial charge in [-0.05, 0) is 31.3 Å². The van der Waals surface area contributed by atoms with E-state index in [2.05, 4.69) is 9.97 Å². The number of rotatable bonds is 3. The molecule has 3 heterocycles. The lowest BCUT2D eigenvalue weighted by molar-refractivity contribution is 0.00572. The first kappa shape index (κ1) is 18.5. The van der Waals surface area contributed by atoms with Gasteiger partial charge in [0.05, 0.1) is 22.3 Å². The van der Waals surface area contributed by atoms with Gasteiger partial charge in [0.15, 0.2) is 0 Å². The number of carbonyl (C=O) groups is 1. The van der Waals surface area contributed by atoms with Crippen molar-refractivity contribution >= 4 is 55.9 Å². The zero-order valence-electron chi connectivity index (χ0n) is 14.1. The van der Waals surface area contributed by atoms with Gasteiger partial charge in [0.1, 0.15) is 17.0 Å². The Morgan fingerprint density at radius 3 is 2.70 bits per heavy atom. The van der Waals surface area contributed by atoms with Crippen LogP contribution in [-0.2, 0) is 4.74 Å². The minimum atomic E-state index is -0.950. The van der Waals surface area contributed by atoms with Crippen molar-refractivity contribution in [2.75, 3.05) is 20.3 Å². The molecule has 7 nitrogen and oxygen atoms in total. The number of fused-ring (bicyclic) bond motifs is 1. The third-order valence-electron chi connectivity index (χ3n) is 4.23. The number of ether oxygens (including phenoxy) is 1. The number of esters is 1. The second-order valence-electron chi connectivity index (χ2n) is 6.30. The van der Waals surface area contributed by atoms with Crippen LogP contribution in [0.4, 0.5) is 5.13 Å². The molecule has 0 saturated carbocycles. The molecule has 0 amide bonds. The van der Waals surface area contributed by atoms with Crippen molar-refractivity contribution in [3.63, 3.8) is 0 Å². The van der Waals surface area contributed by atoms with E-state index in [9.17, 15) is 10.0 Å². The molecule has 1 fully saturated rings. The maximum absolute atomic E-state index is 13.6. The number of para-hydroxylation sites is 1. The summed E-state index contributed by atoms with van der Waals surface area (Å²) in [6, 6.07) is 10.2. The zero-order valence-corrected chi connectivity index (χ0v) is 16.5. The molecule has 2 unspecified atom stereocenters. The molecule has 0 spiro atoms. The van der Waals surface area contributed by atoms with Crippen molar-refractivity contribution in [2.24, 2.45) is 0 Å². The van der Waals surface area contributed by atoms with Crippen LogP contribution < -0.4 is 4.65 Å². The Bertz CT molecular complexity index is 977. The van der Waals surface area contributed by atoms with Gasteiger partial charge in [0.25, 0.3) is 11.4 Å². The highest BCUT2D eigenvalue weighted by atomic mass is 35.5. The lowest BCUT2D eigenvalue weighted by Crippen LogP contribution is -2.50. The Kier molecular flexibility index (Phi) is 4.79. The second kappa shape index (κ2) is 6.97. The number of hydrogen-bond donors (Lipinski definition) is 0. The summed E-state index contributed by atoms with van der Waals surface area (Å²) < 4.78 is 5.60. The van der Waals surface area contributed by atoms with Gasteiger partial charge in [0.2, 0.25) is 0 Å². The number of hydrogen-bond acceptors (Lipinski definition) is 7. The summed E-state index contributed by atoms with van der Waals surface area (Å²) >= 11 is 13.0. The van der Waals surface area contributed by atoms with Crippen LogP contribution in [0.5, 0.6) is 0 Å². The SMILES string of the molecule is CN1CC(OC(=O)c2cc(Cl)nc(Cl)c2)[N+]([O-])(c2nc3ccccc3s2)C1. The summed E-state index contributed by atoms with van der Waals surface area (Å²) in [4.78, 5) is 22.6. The monoisotopic (exact) mass is 424 g/mol. The van der Waals surface area contributed by atoms with Crippen LogP contribution in [0.15, 0.2) is 36.4 Å². The van der Waals surface area contributed by atoms with Crippen LogP contribution >= 0.6 is 34.5 Å². The van der Waals surface area contributed by atoms with E-state index in [1.165, 1.54) is 23.5 Å². The second-order valence-corrected chi connectivity index (χ2v) is 8.08. The van der Waals surface area contributed by atoms with Crippen molar-refractivity contribution in [3.8, 4) is 0 Å². The molecular formula is C17H14Cl2N4O3S. The molecule has 4 rings (SSSR count). The molecule has 0 N–H and O–H groups in total. The number of pyridine rings is 1. The summed E-state index contributed by atoms with van der Waals surface area (Å²) in [7, 11) is 1.80. The van der Waals surface area contributed by atoms with Gasteiger partial charge in [-0.2, -0.15) is 4.98 Å². The Balaban J connectivity index is 1.65. The van der Waals surface area contributed by atoms with E-state index in [1.54, 1.807) is 7.05 Å². The number of aromatic nitrogens is 2. The summed E-state index contributed by atoms with van der Waals surface area (Å²) in [5.41, 5.74) is 0.892. The molecule has 1 aliphatic rings. The van der Waals surface area contributed by atoms with Crippen molar-refractivity contribution in [3.05, 3.63) is 57.5 Å². The largest absolute Gasteiger partial charge is 0.622 e. The van der Waals surface area contributed by atoms with Crippen LogP contribution in [0.1, 0.15) is 10.4 Å². The van der Waals surface area contributed by atoms with Gasteiger partial charge in [-0.15, -0.1) is 0 Å². The van der Waals surface area contributed by atoms with Crippen molar-refractivity contribution < 1.29 is 9.53 Å². The van der Waals surface area contributed by atoms with Crippen LogP contribution in [0.2, 0.25) is 10.3 Å². The van der Waals surface area contributed by atoms with E-state index in [0.29, 0.717) is 5.13 Å². The van der Waals surface area contributed by atoms with Crippen LogP contribution in [-0.4, -0.2) is 47.3 Å². The lowest BCUT2D eigenvalue weighted by Gasteiger charge is -2.38. The molecule has 0 radical (unpaired) electrons. The number of quaternary nitrogens is 1. The number of halogens is 2. The molecule has 1 aliphatic heterocycles. The summed E-state index contributed by atoms with van der Waals surface area (Å²) in [6.07, 6.45) is -0.950. The van der Waals surface area contributed by atoms with Crippen molar-refractivity contribution in [1.29, 1.82) is 0 Å². The van der Waals surface area contributed by atoms with Gasteiger partial charge >= 0.3 is 5.97 Å². The van der Waals surface area contributed by atoms with Crippen molar-refractivity contribution in [2.45, 2.75) is 6.23 Å². The molecule has 27 heavy (non-hydrogen) atoms. The third kappa shape index (κ3) is 3.52. The highest BCUT2D eigenvalue weighted by molar-refractivity contribution is 7.22. The smallest absolute Gasteiger partial charge is 0.342 e. The fourth-order valence-electron chi connectivity index (χ4n) is 3.01. The van der Waals surface area contributed by atoms with E-state index in [-0.39, 0.29) is 29.1 Å². The highest BCUT2D eigenvalue weighted by Gasteiger charge is 2.45. The molecule has 10 heteroatoms. The fourth-order valence-corrected chi connectivity index (χ4v) is 4.50. The van der Waals surface area contributed by atoms with E-state index in [4.69, 9.17) is 27.9 Å². The first-order valence-corrected chi connectivity index (χ1v) is 9.60. The molecule has 140 valence electrons. The van der Waals surface area contributed by atoms with Crippen LogP contribution in [0.25, 0.3) is 10.2 Å². The minimum absolute atomic E-state index is 0.0760. The highest BCUT2D eigenvalue weighted by Crippen LogP contribution is 2.37. The summed E-state index contributed by atoms with van der Waals surface area (Å²) in [6.45, 7) is 0.424. The van der Waals surface area contributed by atoms with Crippen molar-refractivity contribution in [1.82, 2.24) is 19.5 Å². The lowest BCUT2D eigenvalue weighted by atomic mass is 10.3. The molecule has 0 aliphatic carbocycles. The number of likely N-dealkylation sites (N-methyl/N-ethyl adjacent to an activating group) is 1. The Morgan fingerprint density at radius 1 is 1.30 bits per heavy atom. The predicted octanol–water partition coefficient (Wildman–Crippen LogP) is 3.89. The number of carbonyl (C=O) groups excluding carboxylic acids is 1.